The van der Waals surface area contributed by atoms with E-state index in [0.717, 1.165) is 17.4 Å². The van der Waals surface area contributed by atoms with Gasteiger partial charge in [0.05, 0.1) is 11.0 Å². The second kappa shape index (κ2) is 3.84. The van der Waals surface area contributed by atoms with Crippen molar-refractivity contribution in [1.82, 2.24) is 9.55 Å². The molecule has 0 spiro atoms. The first-order chi connectivity index (χ1) is 8.81. The van der Waals surface area contributed by atoms with Crippen LogP contribution in [0.5, 0.6) is 0 Å². The van der Waals surface area contributed by atoms with Crippen LogP contribution in [-0.2, 0) is 0 Å². The number of hydrogen-bond acceptors (Lipinski definition) is 1. The Morgan fingerprint density at radius 2 is 1.78 bits per heavy atom. The number of para-hydroxylation sites is 2. The van der Waals surface area contributed by atoms with E-state index in [4.69, 9.17) is 4.98 Å². The zero-order valence-electron chi connectivity index (χ0n) is 11.0. The maximum Gasteiger partial charge on any atom is 0.106 e. The zero-order valence-corrected chi connectivity index (χ0v) is 11.0. The highest BCUT2D eigenvalue weighted by atomic mass is 15.1. The standard InChI is InChI=1S/C16H20N2/c1-11-17-15-4-2-3-5-16(15)18(11)14-9-12-6-7-13(8-12)10-14/h2-5,12-14H,6-10H2,1H3/t12-,13+,14?. The topological polar surface area (TPSA) is 17.8 Å². The molecule has 2 nitrogen and oxygen atoms in total. The van der Waals surface area contributed by atoms with Crippen molar-refractivity contribution in [3.8, 4) is 0 Å². The van der Waals surface area contributed by atoms with Gasteiger partial charge in [0.25, 0.3) is 0 Å². The minimum absolute atomic E-state index is 0.698. The summed E-state index contributed by atoms with van der Waals surface area (Å²) in [6, 6.07) is 9.28. The second-order valence-electron chi connectivity index (χ2n) is 6.19. The van der Waals surface area contributed by atoms with Crippen LogP contribution in [0.1, 0.15) is 44.0 Å². The molecule has 0 amide bonds. The maximum atomic E-state index is 4.72. The highest BCUT2D eigenvalue weighted by Gasteiger charge is 2.35. The Hall–Kier alpha value is -1.31. The van der Waals surface area contributed by atoms with Gasteiger partial charge in [-0.3, -0.25) is 0 Å². The lowest BCUT2D eigenvalue weighted by Crippen LogP contribution is -2.20. The fourth-order valence-corrected chi connectivity index (χ4v) is 4.31. The Balaban J connectivity index is 1.80. The third-order valence-corrected chi connectivity index (χ3v) is 5.00. The van der Waals surface area contributed by atoms with Gasteiger partial charge in [-0.15, -0.1) is 0 Å². The molecule has 0 aliphatic heterocycles. The summed E-state index contributed by atoms with van der Waals surface area (Å²) in [7, 11) is 0. The third-order valence-electron chi connectivity index (χ3n) is 5.00. The van der Waals surface area contributed by atoms with Crippen molar-refractivity contribution in [3.63, 3.8) is 0 Å². The summed E-state index contributed by atoms with van der Waals surface area (Å²) >= 11 is 0. The molecule has 1 aromatic heterocycles. The van der Waals surface area contributed by atoms with Crippen LogP contribution in [-0.4, -0.2) is 9.55 Å². The Bertz CT molecular complexity index is 572. The first kappa shape index (κ1) is 10.6. The molecule has 2 heteroatoms. The van der Waals surface area contributed by atoms with Gasteiger partial charge < -0.3 is 4.57 Å². The molecule has 0 radical (unpaired) electrons. The highest BCUT2D eigenvalue weighted by Crippen LogP contribution is 2.47. The summed E-state index contributed by atoms with van der Waals surface area (Å²) in [6.45, 7) is 2.16. The second-order valence-corrected chi connectivity index (χ2v) is 6.19. The summed E-state index contributed by atoms with van der Waals surface area (Å²) in [5, 5.41) is 0. The lowest BCUT2D eigenvalue weighted by molar-refractivity contribution is 0.263. The smallest absolute Gasteiger partial charge is 0.106 e. The van der Waals surface area contributed by atoms with E-state index in [-0.39, 0.29) is 0 Å². The fourth-order valence-electron chi connectivity index (χ4n) is 4.31. The summed E-state index contributed by atoms with van der Waals surface area (Å²) in [4.78, 5) is 4.72. The number of rotatable bonds is 1. The van der Waals surface area contributed by atoms with Crippen molar-refractivity contribution in [2.24, 2.45) is 11.8 Å². The van der Waals surface area contributed by atoms with Crippen LogP contribution >= 0.6 is 0 Å². The summed E-state index contributed by atoms with van der Waals surface area (Å²) in [5.41, 5.74) is 2.49. The van der Waals surface area contributed by atoms with Crippen molar-refractivity contribution in [2.45, 2.75) is 45.1 Å². The molecule has 2 fully saturated rings. The Morgan fingerprint density at radius 1 is 1.06 bits per heavy atom. The van der Waals surface area contributed by atoms with E-state index >= 15 is 0 Å². The molecule has 2 saturated carbocycles. The Morgan fingerprint density at radius 3 is 2.56 bits per heavy atom. The first-order valence-corrected chi connectivity index (χ1v) is 7.25. The van der Waals surface area contributed by atoms with E-state index in [1.54, 1.807) is 0 Å². The third kappa shape index (κ3) is 1.51. The summed E-state index contributed by atoms with van der Waals surface area (Å²) in [6.07, 6.45) is 7.16. The number of aryl methyl sites for hydroxylation is 1. The van der Waals surface area contributed by atoms with Gasteiger partial charge in [0.15, 0.2) is 0 Å². The van der Waals surface area contributed by atoms with E-state index in [1.165, 1.54) is 43.4 Å². The highest BCUT2D eigenvalue weighted by molar-refractivity contribution is 5.76. The Labute approximate surface area is 108 Å². The molecule has 0 saturated heterocycles. The number of nitrogens with zero attached hydrogens (tertiary/aromatic N) is 2. The minimum atomic E-state index is 0.698. The van der Waals surface area contributed by atoms with E-state index in [9.17, 15) is 0 Å². The minimum Gasteiger partial charge on any atom is -0.325 e. The van der Waals surface area contributed by atoms with Crippen molar-refractivity contribution in [1.29, 1.82) is 0 Å². The molecule has 4 rings (SSSR count). The fraction of sp³-hybridized carbons (Fsp3) is 0.562. The summed E-state index contributed by atoms with van der Waals surface area (Å²) in [5.74, 6) is 3.16. The van der Waals surface area contributed by atoms with Gasteiger partial charge in [0.2, 0.25) is 0 Å². The van der Waals surface area contributed by atoms with E-state index in [1.807, 2.05) is 0 Å². The molecule has 2 aromatic rings. The monoisotopic (exact) mass is 240 g/mol. The van der Waals surface area contributed by atoms with E-state index < -0.39 is 0 Å². The van der Waals surface area contributed by atoms with Gasteiger partial charge in [-0.2, -0.15) is 0 Å². The molecule has 1 aromatic carbocycles. The quantitative estimate of drug-likeness (QED) is 0.734. The predicted molar refractivity (Wildman–Crippen MR) is 73.6 cm³/mol. The molecule has 1 unspecified atom stereocenters. The lowest BCUT2D eigenvalue weighted by atomic mass is 9.85. The van der Waals surface area contributed by atoms with Gasteiger partial charge in [-0.25, -0.2) is 4.98 Å². The molecule has 1 heterocycles. The molecule has 3 atom stereocenters. The van der Waals surface area contributed by atoms with Crippen LogP contribution in [0, 0.1) is 18.8 Å². The van der Waals surface area contributed by atoms with E-state index in [2.05, 4.69) is 35.8 Å². The van der Waals surface area contributed by atoms with Crippen molar-refractivity contribution < 1.29 is 0 Å². The van der Waals surface area contributed by atoms with Gasteiger partial charge in [-0.1, -0.05) is 25.0 Å². The molecular formula is C16H20N2. The normalized spacial score (nSPS) is 31.1. The molecular weight excluding hydrogens is 220 g/mol. The number of fused-ring (bicyclic) bond motifs is 3. The molecule has 2 aliphatic carbocycles. The van der Waals surface area contributed by atoms with E-state index in [0.29, 0.717) is 6.04 Å². The van der Waals surface area contributed by atoms with Crippen molar-refractivity contribution >= 4 is 11.0 Å². The first-order valence-electron chi connectivity index (χ1n) is 7.25. The van der Waals surface area contributed by atoms with Crippen LogP contribution in [0.4, 0.5) is 0 Å². The van der Waals surface area contributed by atoms with Gasteiger partial charge in [0.1, 0.15) is 5.82 Å². The Kier molecular flexibility index (Phi) is 2.26. The largest absolute Gasteiger partial charge is 0.325 e. The molecule has 18 heavy (non-hydrogen) atoms. The molecule has 2 aliphatic rings. The van der Waals surface area contributed by atoms with Crippen molar-refractivity contribution in [3.05, 3.63) is 30.1 Å². The van der Waals surface area contributed by atoms with Gasteiger partial charge in [-0.05, 0) is 50.2 Å². The predicted octanol–water partition coefficient (Wildman–Crippen LogP) is 4.10. The average molecular weight is 240 g/mol. The van der Waals surface area contributed by atoms with Crippen LogP contribution in [0.2, 0.25) is 0 Å². The SMILES string of the molecule is Cc1nc2ccccc2n1C1C[C@H]2CC[C@@H](C1)C2. The van der Waals surface area contributed by atoms with Crippen LogP contribution in [0.3, 0.4) is 0 Å². The van der Waals surface area contributed by atoms with Crippen LogP contribution in [0.25, 0.3) is 11.0 Å². The van der Waals surface area contributed by atoms with Crippen molar-refractivity contribution in [2.75, 3.05) is 0 Å². The number of hydrogen-bond donors (Lipinski definition) is 0. The average Bonchev–Trinajstić information content (AvgIpc) is 2.88. The van der Waals surface area contributed by atoms with Gasteiger partial charge >= 0.3 is 0 Å². The molecule has 0 N–H and O–H groups in total. The number of imidazole rings is 1. The molecule has 2 bridgehead atoms. The maximum absolute atomic E-state index is 4.72. The van der Waals surface area contributed by atoms with Gasteiger partial charge in [0, 0.05) is 6.04 Å². The summed E-state index contributed by atoms with van der Waals surface area (Å²) < 4.78 is 2.51. The number of aromatic nitrogens is 2. The number of benzene rings is 1. The zero-order chi connectivity index (χ0) is 12.1. The molecule has 94 valence electrons. The van der Waals surface area contributed by atoms with Crippen LogP contribution < -0.4 is 0 Å². The lowest BCUT2D eigenvalue weighted by Gasteiger charge is -2.30. The van der Waals surface area contributed by atoms with Crippen LogP contribution in [0.15, 0.2) is 24.3 Å².